The van der Waals surface area contributed by atoms with E-state index in [2.05, 4.69) is 5.32 Å². The van der Waals surface area contributed by atoms with Gasteiger partial charge in [0.15, 0.2) is 0 Å². The van der Waals surface area contributed by atoms with Crippen LogP contribution in [-0.4, -0.2) is 19.1 Å². The van der Waals surface area contributed by atoms with E-state index in [4.69, 9.17) is 14.2 Å². The van der Waals surface area contributed by atoms with Gasteiger partial charge in [-0.2, -0.15) is 0 Å². The number of hydrogen-bond donors (Lipinski definition) is 1. The van der Waals surface area contributed by atoms with E-state index >= 15 is 0 Å². The third-order valence-corrected chi connectivity index (χ3v) is 4.84. The summed E-state index contributed by atoms with van der Waals surface area (Å²) in [6.07, 6.45) is 0. The van der Waals surface area contributed by atoms with Crippen LogP contribution < -0.4 is 19.5 Å². The maximum absolute atomic E-state index is 12.5. The lowest BCUT2D eigenvalue weighted by atomic mass is 10.2. The van der Waals surface area contributed by atoms with Crippen molar-refractivity contribution in [2.75, 3.05) is 18.5 Å². The summed E-state index contributed by atoms with van der Waals surface area (Å²) in [5.41, 5.74) is 2.34. The number of anilines is 1. The van der Waals surface area contributed by atoms with Gasteiger partial charge >= 0.3 is 0 Å². The molecule has 0 aliphatic heterocycles. The normalized spacial score (nSPS) is 10.3. The van der Waals surface area contributed by atoms with Gasteiger partial charge in [0.2, 0.25) is 0 Å². The fourth-order valence-electron chi connectivity index (χ4n) is 3.12. The van der Waals surface area contributed by atoms with E-state index in [1.807, 2.05) is 84.9 Å². The Labute approximate surface area is 193 Å². The Morgan fingerprint density at radius 1 is 0.576 bits per heavy atom. The Bertz CT molecular complexity index is 1130. The largest absolute Gasteiger partial charge is 0.490 e. The average molecular weight is 440 g/mol. The SMILES string of the molecule is O=C(Nc1ccc(OCCOc2ccccc2)cc1)c1ccc(OCc2ccccc2)cc1. The minimum absolute atomic E-state index is 0.186. The van der Waals surface area contributed by atoms with Crippen LogP contribution in [0.25, 0.3) is 0 Å². The third-order valence-electron chi connectivity index (χ3n) is 4.84. The Balaban J connectivity index is 1.21. The maximum Gasteiger partial charge on any atom is 0.255 e. The fraction of sp³-hybridized carbons (Fsp3) is 0.107. The van der Waals surface area contributed by atoms with Crippen LogP contribution >= 0.6 is 0 Å². The summed E-state index contributed by atoms with van der Waals surface area (Å²) in [5.74, 6) is 2.06. The van der Waals surface area contributed by atoms with Gasteiger partial charge in [0, 0.05) is 11.3 Å². The molecular weight excluding hydrogens is 414 g/mol. The van der Waals surface area contributed by atoms with Gasteiger partial charge in [-0.3, -0.25) is 4.79 Å². The zero-order chi connectivity index (χ0) is 22.7. The van der Waals surface area contributed by atoms with Crippen LogP contribution in [0.4, 0.5) is 5.69 Å². The number of rotatable bonds is 10. The number of nitrogens with one attached hydrogen (secondary N) is 1. The molecule has 0 aromatic heterocycles. The molecule has 0 bridgehead atoms. The monoisotopic (exact) mass is 439 g/mol. The van der Waals surface area contributed by atoms with Crippen LogP contribution in [0.1, 0.15) is 15.9 Å². The first-order valence-electron chi connectivity index (χ1n) is 10.8. The predicted octanol–water partition coefficient (Wildman–Crippen LogP) is 5.98. The molecule has 0 aliphatic carbocycles. The highest BCUT2D eigenvalue weighted by Gasteiger charge is 2.07. The van der Waals surface area contributed by atoms with Crippen LogP contribution in [0.15, 0.2) is 109 Å². The zero-order valence-electron chi connectivity index (χ0n) is 18.1. The van der Waals surface area contributed by atoms with Crippen LogP contribution in [-0.2, 0) is 6.61 Å². The van der Waals surface area contributed by atoms with Gasteiger partial charge in [-0.25, -0.2) is 0 Å². The van der Waals surface area contributed by atoms with E-state index in [1.54, 1.807) is 24.3 Å². The zero-order valence-corrected chi connectivity index (χ0v) is 18.1. The standard InChI is InChI=1S/C28H25NO4/c30-28(23-11-15-27(16-12-23)33-21-22-7-3-1-4-8-22)29-24-13-17-26(18-14-24)32-20-19-31-25-9-5-2-6-10-25/h1-18H,19-21H2,(H,29,30). The molecular formula is C28H25NO4. The minimum Gasteiger partial charge on any atom is -0.490 e. The molecule has 5 heteroatoms. The third kappa shape index (κ3) is 6.87. The molecule has 4 aromatic rings. The molecule has 0 unspecified atom stereocenters. The summed E-state index contributed by atoms with van der Waals surface area (Å²) < 4.78 is 17.1. The van der Waals surface area contributed by atoms with Crippen molar-refractivity contribution in [2.45, 2.75) is 6.61 Å². The van der Waals surface area contributed by atoms with Gasteiger partial charge in [-0.05, 0) is 66.2 Å². The van der Waals surface area contributed by atoms with E-state index in [0.717, 1.165) is 11.3 Å². The van der Waals surface area contributed by atoms with Crippen molar-refractivity contribution in [3.63, 3.8) is 0 Å². The number of amides is 1. The first-order valence-corrected chi connectivity index (χ1v) is 10.8. The average Bonchev–Trinajstić information content (AvgIpc) is 2.88. The number of hydrogen-bond acceptors (Lipinski definition) is 4. The Morgan fingerprint density at radius 2 is 1.09 bits per heavy atom. The summed E-state index contributed by atoms with van der Waals surface area (Å²) in [5, 5.41) is 2.89. The lowest BCUT2D eigenvalue weighted by Gasteiger charge is -2.10. The summed E-state index contributed by atoms with van der Waals surface area (Å²) in [7, 11) is 0. The second-order valence-corrected chi connectivity index (χ2v) is 7.29. The summed E-state index contributed by atoms with van der Waals surface area (Å²) in [6, 6.07) is 33.9. The van der Waals surface area contributed by atoms with Crippen LogP contribution in [0.2, 0.25) is 0 Å². The van der Waals surface area contributed by atoms with E-state index in [1.165, 1.54) is 0 Å². The van der Waals surface area contributed by atoms with Gasteiger partial charge in [0.05, 0.1) is 0 Å². The molecule has 0 saturated carbocycles. The molecule has 4 aromatic carbocycles. The van der Waals surface area contributed by atoms with Crippen molar-refractivity contribution < 1.29 is 19.0 Å². The Kier molecular flexibility index (Phi) is 7.58. The Hall–Kier alpha value is -4.25. The van der Waals surface area contributed by atoms with Gasteiger partial charge in [0.25, 0.3) is 5.91 Å². The van der Waals surface area contributed by atoms with Gasteiger partial charge < -0.3 is 19.5 Å². The molecule has 166 valence electrons. The predicted molar refractivity (Wildman–Crippen MR) is 129 cm³/mol. The van der Waals surface area contributed by atoms with Crippen LogP contribution in [0, 0.1) is 0 Å². The maximum atomic E-state index is 12.5. The minimum atomic E-state index is -0.186. The molecule has 0 spiro atoms. The first-order chi connectivity index (χ1) is 16.3. The number of ether oxygens (including phenoxy) is 3. The number of carbonyl (C=O) groups is 1. The highest BCUT2D eigenvalue weighted by Crippen LogP contribution is 2.18. The van der Waals surface area contributed by atoms with E-state index in [-0.39, 0.29) is 5.91 Å². The molecule has 1 amide bonds. The fourth-order valence-corrected chi connectivity index (χ4v) is 3.12. The molecule has 0 heterocycles. The van der Waals surface area contributed by atoms with E-state index < -0.39 is 0 Å². The lowest BCUT2D eigenvalue weighted by Crippen LogP contribution is -2.12. The highest BCUT2D eigenvalue weighted by molar-refractivity contribution is 6.04. The summed E-state index contributed by atoms with van der Waals surface area (Å²) in [6.45, 7) is 1.37. The molecule has 0 saturated heterocycles. The van der Waals surface area contributed by atoms with Crippen molar-refractivity contribution in [2.24, 2.45) is 0 Å². The number of para-hydroxylation sites is 1. The van der Waals surface area contributed by atoms with Crippen molar-refractivity contribution >= 4 is 11.6 Å². The van der Waals surface area contributed by atoms with Gasteiger partial charge in [-0.15, -0.1) is 0 Å². The van der Waals surface area contributed by atoms with E-state index in [0.29, 0.717) is 42.6 Å². The lowest BCUT2D eigenvalue weighted by molar-refractivity contribution is 0.102. The molecule has 0 radical (unpaired) electrons. The second kappa shape index (κ2) is 11.4. The molecule has 0 aliphatic rings. The van der Waals surface area contributed by atoms with Gasteiger partial charge in [-0.1, -0.05) is 48.5 Å². The van der Waals surface area contributed by atoms with Crippen molar-refractivity contribution in [1.29, 1.82) is 0 Å². The van der Waals surface area contributed by atoms with Crippen LogP contribution in [0.5, 0.6) is 17.2 Å². The van der Waals surface area contributed by atoms with Crippen molar-refractivity contribution in [3.8, 4) is 17.2 Å². The summed E-state index contributed by atoms with van der Waals surface area (Å²) >= 11 is 0. The molecule has 4 rings (SSSR count). The second-order valence-electron chi connectivity index (χ2n) is 7.29. The smallest absolute Gasteiger partial charge is 0.255 e. The molecule has 5 nitrogen and oxygen atoms in total. The molecule has 33 heavy (non-hydrogen) atoms. The summed E-state index contributed by atoms with van der Waals surface area (Å²) in [4.78, 5) is 12.5. The number of benzene rings is 4. The highest BCUT2D eigenvalue weighted by atomic mass is 16.5. The molecule has 1 N–H and O–H groups in total. The molecule has 0 atom stereocenters. The van der Waals surface area contributed by atoms with Gasteiger partial charge in [0.1, 0.15) is 37.1 Å². The molecule has 0 fully saturated rings. The van der Waals surface area contributed by atoms with Crippen molar-refractivity contribution in [3.05, 3.63) is 120 Å². The Morgan fingerprint density at radius 3 is 1.73 bits per heavy atom. The van der Waals surface area contributed by atoms with Crippen molar-refractivity contribution in [1.82, 2.24) is 0 Å². The van der Waals surface area contributed by atoms with E-state index in [9.17, 15) is 4.79 Å². The number of carbonyl (C=O) groups excluding carboxylic acids is 1. The quantitative estimate of drug-likeness (QED) is 0.309. The topological polar surface area (TPSA) is 56.8 Å². The first kappa shape index (κ1) is 22.0. The van der Waals surface area contributed by atoms with Crippen LogP contribution in [0.3, 0.4) is 0 Å².